The molecular weight excluding hydrogens is 404 g/mol. The van der Waals surface area contributed by atoms with Crippen LogP contribution < -0.4 is 12.3 Å². The van der Waals surface area contributed by atoms with Crippen LogP contribution in [-0.2, 0) is 15.1 Å². The smallest absolute Gasteiger partial charge is 0.381 e. The van der Waals surface area contributed by atoms with Crippen LogP contribution in [0.25, 0.3) is 0 Å². The molecule has 7 nitrogen and oxygen atoms in total. The molecule has 0 aliphatic rings. The second-order valence-corrected chi connectivity index (χ2v) is 8.61. The first-order valence-electron chi connectivity index (χ1n) is 11.7. The van der Waals surface area contributed by atoms with Crippen molar-refractivity contribution in [3.8, 4) is 0 Å². The maximum Gasteiger partial charge on any atom is 0.394 e. The van der Waals surface area contributed by atoms with Crippen LogP contribution in [0.15, 0.2) is 0 Å². The van der Waals surface area contributed by atoms with Gasteiger partial charge in [-0.05, 0) is 12.8 Å². The molecule has 0 saturated carbocycles. The number of hydrogen-bond acceptors (Lipinski definition) is 5. The Balaban J connectivity index is -0.000000429. The molecule has 0 aliphatic carbocycles. The van der Waals surface area contributed by atoms with E-state index in [1.807, 2.05) is 0 Å². The predicted molar refractivity (Wildman–Crippen MR) is 129 cm³/mol. The Kier molecular flexibility index (Phi) is 38.2. The number of ether oxygens (including phenoxy) is 1. The standard InChI is InChI=1S/C22H46O.2H3N.H2O4S/c1-3-5-7-9-11-13-15-17-19-21-23-22-20-18-16-14-12-10-8-6-4-2;;;1-5(2,3)4/h3-22H2,1-2H3;2*1H3;(H2,1,2,3,4). The van der Waals surface area contributed by atoms with Gasteiger partial charge in [0, 0.05) is 13.2 Å². The van der Waals surface area contributed by atoms with E-state index in [0.717, 1.165) is 13.2 Å². The quantitative estimate of drug-likeness (QED) is 0.107. The normalized spacial score (nSPS) is 10.5. The van der Waals surface area contributed by atoms with Gasteiger partial charge in [-0.3, -0.25) is 9.11 Å². The predicted octanol–water partition coefficient (Wildman–Crippen LogP) is 7.74. The molecule has 8 heteroatoms. The van der Waals surface area contributed by atoms with Gasteiger partial charge in [0.2, 0.25) is 0 Å². The van der Waals surface area contributed by atoms with Crippen molar-refractivity contribution in [2.75, 3.05) is 13.2 Å². The molecular formula is C22H54N2O5S. The van der Waals surface area contributed by atoms with Crippen LogP contribution in [0.1, 0.15) is 129 Å². The average molecular weight is 459 g/mol. The van der Waals surface area contributed by atoms with E-state index >= 15 is 0 Å². The molecule has 0 atom stereocenters. The molecule has 0 fully saturated rings. The zero-order valence-electron chi connectivity index (χ0n) is 20.1. The summed E-state index contributed by atoms with van der Waals surface area (Å²) in [5.74, 6) is 0. The Bertz CT molecular complexity index is 354. The molecule has 188 valence electrons. The molecule has 8 N–H and O–H groups in total. The van der Waals surface area contributed by atoms with Crippen molar-refractivity contribution in [3.63, 3.8) is 0 Å². The third kappa shape index (κ3) is 50.9. The Morgan fingerprint density at radius 3 is 0.933 bits per heavy atom. The summed E-state index contributed by atoms with van der Waals surface area (Å²) in [6, 6.07) is 0. The summed E-state index contributed by atoms with van der Waals surface area (Å²) >= 11 is 0. The molecule has 0 spiro atoms. The van der Waals surface area contributed by atoms with E-state index < -0.39 is 10.4 Å². The lowest BCUT2D eigenvalue weighted by Crippen LogP contribution is -1.97. The molecule has 0 unspecified atom stereocenters. The van der Waals surface area contributed by atoms with E-state index in [-0.39, 0.29) is 12.3 Å². The molecule has 0 radical (unpaired) electrons. The van der Waals surface area contributed by atoms with Gasteiger partial charge in [-0.1, -0.05) is 117 Å². The summed E-state index contributed by atoms with van der Waals surface area (Å²) in [7, 11) is -4.67. The van der Waals surface area contributed by atoms with Gasteiger partial charge in [0.1, 0.15) is 0 Å². The summed E-state index contributed by atoms with van der Waals surface area (Å²) in [6.07, 6.45) is 25.2. The SMILES string of the molecule is CCCCCCCCCCCOCCCCCCCCCCC.N.N.O=S(=O)(O)O. The molecule has 0 rings (SSSR count). The highest BCUT2D eigenvalue weighted by atomic mass is 32.3. The second kappa shape index (κ2) is 30.9. The molecule has 0 aromatic heterocycles. The largest absolute Gasteiger partial charge is 0.394 e. The molecule has 0 aromatic rings. The summed E-state index contributed by atoms with van der Waals surface area (Å²) in [4.78, 5) is 0. The van der Waals surface area contributed by atoms with Crippen LogP contribution in [-0.4, -0.2) is 30.7 Å². The average Bonchev–Trinajstić information content (AvgIpc) is 2.62. The van der Waals surface area contributed by atoms with Gasteiger partial charge in [0.25, 0.3) is 0 Å². The van der Waals surface area contributed by atoms with Crippen molar-refractivity contribution in [2.24, 2.45) is 0 Å². The minimum Gasteiger partial charge on any atom is -0.381 e. The van der Waals surface area contributed by atoms with E-state index in [9.17, 15) is 0 Å². The first-order valence-corrected chi connectivity index (χ1v) is 13.1. The lowest BCUT2D eigenvalue weighted by atomic mass is 10.1. The Hall–Kier alpha value is -0.250. The van der Waals surface area contributed by atoms with Crippen molar-refractivity contribution >= 4 is 10.4 Å². The number of hydrogen-bond donors (Lipinski definition) is 4. The Morgan fingerprint density at radius 1 is 0.500 bits per heavy atom. The molecule has 0 heterocycles. The molecule has 0 aromatic carbocycles. The van der Waals surface area contributed by atoms with Crippen LogP contribution in [0.2, 0.25) is 0 Å². The fourth-order valence-corrected chi connectivity index (χ4v) is 3.13. The minimum absolute atomic E-state index is 0. The van der Waals surface area contributed by atoms with Gasteiger partial charge < -0.3 is 17.0 Å². The van der Waals surface area contributed by atoms with Gasteiger partial charge in [-0.2, -0.15) is 8.42 Å². The first kappa shape index (κ1) is 37.1. The molecule has 0 bridgehead atoms. The monoisotopic (exact) mass is 458 g/mol. The third-order valence-corrected chi connectivity index (χ3v) is 4.78. The topological polar surface area (TPSA) is 154 Å². The van der Waals surface area contributed by atoms with Crippen LogP contribution in [0.5, 0.6) is 0 Å². The van der Waals surface area contributed by atoms with Gasteiger partial charge in [0.15, 0.2) is 0 Å². The van der Waals surface area contributed by atoms with Gasteiger partial charge in [0.05, 0.1) is 0 Å². The van der Waals surface area contributed by atoms with Gasteiger partial charge in [-0.15, -0.1) is 0 Å². The summed E-state index contributed by atoms with van der Waals surface area (Å²) in [6.45, 7) is 6.56. The van der Waals surface area contributed by atoms with Crippen molar-refractivity contribution in [1.82, 2.24) is 12.3 Å². The maximum atomic E-state index is 8.74. The van der Waals surface area contributed by atoms with E-state index in [2.05, 4.69) is 13.8 Å². The summed E-state index contributed by atoms with van der Waals surface area (Å²) < 4.78 is 37.3. The molecule has 0 aliphatic heterocycles. The van der Waals surface area contributed by atoms with E-state index in [4.69, 9.17) is 22.3 Å². The number of rotatable bonds is 20. The lowest BCUT2D eigenvalue weighted by Gasteiger charge is -2.05. The van der Waals surface area contributed by atoms with Crippen LogP contribution >= 0.6 is 0 Å². The highest BCUT2D eigenvalue weighted by Gasteiger charge is 1.94. The van der Waals surface area contributed by atoms with Crippen LogP contribution in [0.4, 0.5) is 0 Å². The summed E-state index contributed by atoms with van der Waals surface area (Å²) in [5.41, 5.74) is 0. The Labute approximate surface area is 187 Å². The second-order valence-electron chi connectivity index (χ2n) is 7.72. The van der Waals surface area contributed by atoms with Crippen molar-refractivity contribution in [1.29, 1.82) is 0 Å². The van der Waals surface area contributed by atoms with E-state index in [1.165, 1.54) is 116 Å². The third-order valence-electron chi connectivity index (χ3n) is 4.78. The van der Waals surface area contributed by atoms with Gasteiger partial charge in [-0.25, -0.2) is 0 Å². The van der Waals surface area contributed by atoms with E-state index in [1.54, 1.807) is 0 Å². The van der Waals surface area contributed by atoms with Crippen molar-refractivity contribution in [2.45, 2.75) is 129 Å². The maximum absolute atomic E-state index is 8.74. The highest BCUT2D eigenvalue weighted by molar-refractivity contribution is 7.79. The molecule has 0 amide bonds. The zero-order chi connectivity index (χ0) is 21.3. The Morgan fingerprint density at radius 2 is 0.700 bits per heavy atom. The fourth-order valence-electron chi connectivity index (χ4n) is 3.13. The lowest BCUT2D eigenvalue weighted by molar-refractivity contribution is 0.125. The zero-order valence-corrected chi connectivity index (χ0v) is 20.9. The molecule has 30 heavy (non-hydrogen) atoms. The van der Waals surface area contributed by atoms with Crippen molar-refractivity contribution < 1.29 is 22.3 Å². The van der Waals surface area contributed by atoms with Crippen LogP contribution in [0.3, 0.4) is 0 Å². The molecule has 0 saturated heterocycles. The van der Waals surface area contributed by atoms with Gasteiger partial charge >= 0.3 is 10.4 Å². The van der Waals surface area contributed by atoms with Crippen LogP contribution in [0, 0.1) is 0 Å². The van der Waals surface area contributed by atoms with Crippen molar-refractivity contribution in [3.05, 3.63) is 0 Å². The highest BCUT2D eigenvalue weighted by Crippen LogP contribution is 2.11. The first-order chi connectivity index (χ1) is 13.4. The van der Waals surface area contributed by atoms with E-state index in [0.29, 0.717) is 0 Å². The fraction of sp³-hybridized carbons (Fsp3) is 1.00. The number of unbranched alkanes of at least 4 members (excludes halogenated alkanes) is 16. The minimum atomic E-state index is -4.67. The summed E-state index contributed by atoms with van der Waals surface area (Å²) in [5, 5.41) is 0.